The molecule has 0 saturated heterocycles. The summed E-state index contributed by atoms with van der Waals surface area (Å²) in [5.41, 5.74) is 1.28. The van der Waals surface area contributed by atoms with Crippen LogP contribution in [0.2, 0.25) is 0 Å². The van der Waals surface area contributed by atoms with Crippen LogP contribution >= 0.6 is 0 Å². The quantitative estimate of drug-likeness (QED) is 0.710. The van der Waals surface area contributed by atoms with Crippen molar-refractivity contribution in [3.63, 3.8) is 0 Å². The third-order valence-electron chi connectivity index (χ3n) is 4.21. The van der Waals surface area contributed by atoms with Crippen LogP contribution in [0.15, 0.2) is 53.3 Å². The second-order valence-electron chi connectivity index (χ2n) is 6.33. The molecule has 7 heteroatoms. The average molecular weight is 374 g/mol. The zero-order chi connectivity index (χ0) is 19.6. The molecular weight excluding hydrogens is 357 g/mol. The van der Waals surface area contributed by atoms with Crippen LogP contribution in [0.3, 0.4) is 0 Å². The van der Waals surface area contributed by atoms with Crippen LogP contribution in [0.5, 0.6) is 0 Å². The van der Waals surface area contributed by atoms with Crippen LogP contribution in [-0.2, 0) is 17.4 Å². The zero-order valence-electron chi connectivity index (χ0n) is 14.5. The van der Waals surface area contributed by atoms with E-state index in [9.17, 15) is 22.8 Å². The number of hydrogen-bond donors (Lipinski definition) is 2. The molecule has 0 radical (unpaired) electrons. The summed E-state index contributed by atoms with van der Waals surface area (Å²) in [5, 5.41) is 3.37. The van der Waals surface area contributed by atoms with Gasteiger partial charge in [0.15, 0.2) is 0 Å². The number of anilines is 1. The Labute approximate surface area is 153 Å². The molecule has 0 bridgehead atoms. The summed E-state index contributed by atoms with van der Waals surface area (Å²) in [4.78, 5) is 26.6. The number of hydrogen-bond acceptors (Lipinski definition) is 2. The van der Waals surface area contributed by atoms with Crippen LogP contribution in [-0.4, -0.2) is 10.9 Å². The molecule has 1 amide bonds. The number of nitrogens with one attached hydrogen (secondary N) is 2. The third kappa shape index (κ3) is 4.55. The minimum atomic E-state index is -4.46. The fourth-order valence-electron chi connectivity index (χ4n) is 2.77. The standard InChI is InChI=1S/C20H17F3N2O2/c1-12-9-14-7-5-13(10-17(14)25-19(12)27)6-8-18(26)24-16-4-2-3-15(11-16)20(21,22)23/h2-5,7,9-11H,6,8H2,1H3,(H,24,26)(H,25,27). The van der Waals surface area contributed by atoms with Gasteiger partial charge in [0.1, 0.15) is 0 Å². The Balaban J connectivity index is 1.66. The summed E-state index contributed by atoms with van der Waals surface area (Å²) in [6.45, 7) is 1.73. The maximum absolute atomic E-state index is 12.7. The van der Waals surface area contributed by atoms with Crippen molar-refractivity contribution < 1.29 is 18.0 Å². The maximum Gasteiger partial charge on any atom is 0.416 e. The Bertz CT molecular complexity index is 1060. The first kappa shape index (κ1) is 18.7. The molecular formula is C20H17F3N2O2. The van der Waals surface area contributed by atoms with E-state index in [0.29, 0.717) is 17.5 Å². The zero-order valence-corrected chi connectivity index (χ0v) is 14.5. The van der Waals surface area contributed by atoms with Gasteiger partial charge in [-0.3, -0.25) is 9.59 Å². The Kier molecular flexibility index (Phi) is 5.03. The van der Waals surface area contributed by atoms with Crippen molar-refractivity contribution in [3.8, 4) is 0 Å². The summed E-state index contributed by atoms with van der Waals surface area (Å²) in [7, 11) is 0. The predicted octanol–water partition coefficient (Wildman–Crippen LogP) is 4.43. The number of rotatable bonds is 4. The van der Waals surface area contributed by atoms with Crippen molar-refractivity contribution >= 4 is 22.5 Å². The summed E-state index contributed by atoms with van der Waals surface area (Å²) in [6, 6.07) is 11.8. The summed E-state index contributed by atoms with van der Waals surface area (Å²) < 4.78 is 38.2. The fraction of sp³-hybridized carbons (Fsp3) is 0.200. The summed E-state index contributed by atoms with van der Waals surface area (Å²) >= 11 is 0. The Morgan fingerprint density at radius 3 is 2.63 bits per heavy atom. The van der Waals surface area contributed by atoms with Crippen LogP contribution < -0.4 is 10.9 Å². The van der Waals surface area contributed by atoms with E-state index in [0.717, 1.165) is 23.1 Å². The number of benzene rings is 2. The highest BCUT2D eigenvalue weighted by Crippen LogP contribution is 2.30. The number of aromatic amines is 1. The molecule has 2 aromatic carbocycles. The Morgan fingerprint density at radius 1 is 1.11 bits per heavy atom. The number of H-pyrrole nitrogens is 1. The normalized spacial score (nSPS) is 11.6. The van der Waals surface area contributed by atoms with E-state index in [4.69, 9.17) is 0 Å². The number of halogens is 3. The average Bonchev–Trinajstić information content (AvgIpc) is 2.60. The number of aryl methyl sites for hydroxylation is 2. The fourth-order valence-corrected chi connectivity index (χ4v) is 2.77. The van der Waals surface area contributed by atoms with Crippen molar-refractivity contribution in [2.75, 3.05) is 5.32 Å². The van der Waals surface area contributed by atoms with Gasteiger partial charge >= 0.3 is 6.18 Å². The first-order chi connectivity index (χ1) is 12.7. The maximum atomic E-state index is 12.7. The lowest BCUT2D eigenvalue weighted by molar-refractivity contribution is -0.137. The molecule has 0 aliphatic rings. The number of amides is 1. The van der Waals surface area contributed by atoms with Crippen LogP contribution in [0.1, 0.15) is 23.1 Å². The van der Waals surface area contributed by atoms with Crippen LogP contribution in [0.25, 0.3) is 10.9 Å². The molecule has 140 valence electrons. The van der Waals surface area contributed by atoms with Gasteiger partial charge in [-0.25, -0.2) is 0 Å². The molecule has 0 fully saturated rings. The largest absolute Gasteiger partial charge is 0.416 e. The van der Waals surface area contributed by atoms with Crippen LogP contribution in [0, 0.1) is 6.92 Å². The van der Waals surface area contributed by atoms with Gasteiger partial charge in [-0.2, -0.15) is 13.2 Å². The smallest absolute Gasteiger partial charge is 0.326 e. The molecule has 1 heterocycles. The molecule has 1 aromatic heterocycles. The second-order valence-corrected chi connectivity index (χ2v) is 6.33. The molecule has 3 rings (SSSR count). The number of carbonyl (C=O) groups is 1. The molecule has 27 heavy (non-hydrogen) atoms. The molecule has 2 N–H and O–H groups in total. The first-order valence-corrected chi connectivity index (χ1v) is 8.32. The van der Waals surface area contributed by atoms with E-state index in [1.165, 1.54) is 12.1 Å². The number of aromatic nitrogens is 1. The van der Waals surface area contributed by atoms with Gasteiger partial charge in [0, 0.05) is 23.2 Å². The van der Waals surface area contributed by atoms with Crippen molar-refractivity contribution in [1.82, 2.24) is 4.98 Å². The number of carbonyl (C=O) groups excluding carboxylic acids is 1. The van der Waals surface area contributed by atoms with Crippen molar-refractivity contribution in [3.05, 3.63) is 75.6 Å². The van der Waals surface area contributed by atoms with Crippen molar-refractivity contribution in [1.29, 1.82) is 0 Å². The monoisotopic (exact) mass is 374 g/mol. The van der Waals surface area contributed by atoms with Crippen molar-refractivity contribution in [2.24, 2.45) is 0 Å². The van der Waals surface area contributed by atoms with Crippen LogP contribution in [0.4, 0.5) is 18.9 Å². The topological polar surface area (TPSA) is 62.0 Å². The van der Waals surface area contributed by atoms with Gasteiger partial charge in [0.05, 0.1) is 5.56 Å². The van der Waals surface area contributed by atoms with E-state index in [1.807, 2.05) is 12.1 Å². The van der Waals surface area contributed by atoms with Gasteiger partial charge in [0.25, 0.3) is 5.56 Å². The highest BCUT2D eigenvalue weighted by Gasteiger charge is 2.30. The van der Waals surface area contributed by atoms with Gasteiger partial charge in [-0.05, 0) is 54.6 Å². The first-order valence-electron chi connectivity index (χ1n) is 8.32. The van der Waals surface area contributed by atoms with Gasteiger partial charge < -0.3 is 10.3 Å². The van der Waals surface area contributed by atoms with E-state index in [-0.39, 0.29) is 23.6 Å². The van der Waals surface area contributed by atoms with E-state index in [1.54, 1.807) is 19.1 Å². The lowest BCUT2D eigenvalue weighted by atomic mass is 10.1. The number of alkyl halides is 3. The number of pyridine rings is 1. The van der Waals surface area contributed by atoms with Gasteiger partial charge in [-0.1, -0.05) is 18.2 Å². The molecule has 0 aliphatic heterocycles. The van der Waals surface area contributed by atoms with E-state index < -0.39 is 11.7 Å². The van der Waals surface area contributed by atoms with Gasteiger partial charge in [0.2, 0.25) is 5.91 Å². The molecule has 0 aliphatic carbocycles. The van der Waals surface area contributed by atoms with E-state index in [2.05, 4.69) is 10.3 Å². The van der Waals surface area contributed by atoms with E-state index >= 15 is 0 Å². The summed E-state index contributed by atoms with van der Waals surface area (Å²) in [6.07, 6.45) is -3.95. The molecule has 0 saturated carbocycles. The minimum Gasteiger partial charge on any atom is -0.326 e. The highest BCUT2D eigenvalue weighted by molar-refractivity contribution is 5.91. The predicted molar refractivity (Wildman–Crippen MR) is 97.7 cm³/mol. The lowest BCUT2D eigenvalue weighted by Crippen LogP contribution is -2.13. The molecule has 0 unspecified atom stereocenters. The minimum absolute atomic E-state index is 0.105. The molecule has 0 atom stereocenters. The second kappa shape index (κ2) is 7.26. The Morgan fingerprint density at radius 2 is 1.89 bits per heavy atom. The van der Waals surface area contributed by atoms with Gasteiger partial charge in [-0.15, -0.1) is 0 Å². The molecule has 4 nitrogen and oxygen atoms in total. The molecule has 3 aromatic rings. The lowest BCUT2D eigenvalue weighted by Gasteiger charge is -2.10. The third-order valence-corrected chi connectivity index (χ3v) is 4.21. The molecule has 0 spiro atoms. The number of fused-ring (bicyclic) bond motifs is 1. The van der Waals surface area contributed by atoms with Crippen molar-refractivity contribution in [2.45, 2.75) is 25.9 Å². The SMILES string of the molecule is Cc1cc2ccc(CCC(=O)Nc3cccc(C(F)(F)F)c3)cc2[nH]c1=O. The summed E-state index contributed by atoms with van der Waals surface area (Å²) in [5.74, 6) is -0.383. The highest BCUT2D eigenvalue weighted by atomic mass is 19.4. The Hall–Kier alpha value is -3.09.